The van der Waals surface area contributed by atoms with Crippen molar-refractivity contribution in [1.29, 1.82) is 0 Å². The van der Waals surface area contributed by atoms with Gasteiger partial charge < -0.3 is 15.6 Å². The highest BCUT2D eigenvalue weighted by atomic mass is 32.2. The molecule has 8 nitrogen and oxygen atoms in total. The van der Waals surface area contributed by atoms with Crippen LogP contribution in [0.5, 0.6) is 0 Å². The van der Waals surface area contributed by atoms with Crippen molar-refractivity contribution in [1.82, 2.24) is 10.3 Å². The summed E-state index contributed by atoms with van der Waals surface area (Å²) in [6.45, 7) is 2.14. The maximum atomic E-state index is 12.6. The summed E-state index contributed by atoms with van der Waals surface area (Å²) in [4.78, 5) is 27.8. The van der Waals surface area contributed by atoms with Gasteiger partial charge in [-0.05, 0) is 37.3 Å². The molecule has 2 amide bonds. The van der Waals surface area contributed by atoms with Gasteiger partial charge in [-0.1, -0.05) is 0 Å². The first-order chi connectivity index (χ1) is 11.8. The molecule has 0 saturated heterocycles. The second-order valence-electron chi connectivity index (χ2n) is 5.40. The lowest BCUT2D eigenvalue weighted by Gasteiger charge is -2.10. The van der Waals surface area contributed by atoms with Gasteiger partial charge in [0.15, 0.2) is 0 Å². The molecular weight excluding hydrogens is 344 g/mol. The number of nitrogens with one attached hydrogen (secondary N) is 3. The molecule has 0 spiro atoms. The average Bonchev–Trinajstić information content (AvgIpc) is 3.15. The number of benzene rings is 1. The average molecular weight is 360 g/mol. The highest BCUT2D eigenvalue weighted by molar-refractivity contribution is 7.89. The highest BCUT2D eigenvalue weighted by Crippen LogP contribution is 2.38. The van der Waals surface area contributed by atoms with Gasteiger partial charge in [-0.15, -0.1) is 0 Å². The summed E-state index contributed by atoms with van der Waals surface area (Å²) >= 11 is 0. The van der Waals surface area contributed by atoms with E-state index < -0.39 is 21.8 Å². The van der Waals surface area contributed by atoms with E-state index in [2.05, 4.69) is 15.6 Å². The third-order valence-electron chi connectivity index (χ3n) is 3.75. The van der Waals surface area contributed by atoms with Crippen LogP contribution in [0, 0.1) is 0 Å². The first-order valence-electron chi connectivity index (χ1n) is 7.47. The quantitative estimate of drug-likeness (QED) is 0.596. The predicted octanol–water partition coefficient (Wildman–Crippen LogP) is 0.661. The predicted molar refractivity (Wildman–Crippen MR) is 92.7 cm³/mol. The summed E-state index contributed by atoms with van der Waals surface area (Å²) in [5, 5.41) is 10.5. The molecule has 0 fully saturated rings. The molecule has 130 valence electrons. The van der Waals surface area contributed by atoms with Gasteiger partial charge in [0.2, 0.25) is 10.0 Å². The van der Waals surface area contributed by atoms with E-state index in [1.165, 1.54) is 18.2 Å². The molecule has 0 radical (unpaired) electrons. The van der Waals surface area contributed by atoms with Crippen LogP contribution in [0.3, 0.4) is 0 Å². The third-order valence-corrected chi connectivity index (χ3v) is 4.66. The Kier molecular flexibility index (Phi) is 4.19. The molecule has 1 aliphatic rings. The number of rotatable bonds is 4. The first-order valence-corrected chi connectivity index (χ1v) is 9.02. The van der Waals surface area contributed by atoms with Crippen LogP contribution in [-0.2, 0) is 19.6 Å². The number of H-pyrrole nitrogens is 1. The number of carbonyl (C=O) groups is 2. The Morgan fingerprint density at radius 1 is 1.28 bits per heavy atom. The van der Waals surface area contributed by atoms with Crippen LogP contribution >= 0.6 is 0 Å². The molecule has 1 aromatic carbocycles. The number of nitrogens with two attached hydrogens (primary N) is 1. The van der Waals surface area contributed by atoms with E-state index >= 15 is 0 Å². The Morgan fingerprint density at radius 3 is 2.64 bits per heavy atom. The van der Waals surface area contributed by atoms with E-state index in [0.29, 0.717) is 23.5 Å². The molecule has 1 aliphatic heterocycles. The molecule has 3 rings (SSSR count). The number of amides is 2. The van der Waals surface area contributed by atoms with Crippen LogP contribution in [0.2, 0.25) is 0 Å². The van der Waals surface area contributed by atoms with Crippen LogP contribution in [0.15, 0.2) is 41.4 Å². The van der Waals surface area contributed by atoms with Crippen molar-refractivity contribution < 1.29 is 18.0 Å². The van der Waals surface area contributed by atoms with Crippen molar-refractivity contribution in [2.75, 3.05) is 11.9 Å². The van der Waals surface area contributed by atoms with Crippen molar-refractivity contribution in [3.63, 3.8) is 0 Å². The fourth-order valence-electron chi connectivity index (χ4n) is 2.68. The van der Waals surface area contributed by atoms with E-state index in [0.717, 1.165) is 0 Å². The number of anilines is 1. The van der Waals surface area contributed by atoms with Gasteiger partial charge in [0.05, 0.1) is 21.7 Å². The minimum Gasteiger partial charge on any atom is -0.361 e. The fourth-order valence-corrected chi connectivity index (χ4v) is 3.22. The second kappa shape index (κ2) is 6.19. The number of carbonyl (C=O) groups excluding carboxylic acids is 2. The molecular formula is C16H16N4O4S. The summed E-state index contributed by atoms with van der Waals surface area (Å²) < 4.78 is 23.3. The molecule has 9 heteroatoms. The van der Waals surface area contributed by atoms with Gasteiger partial charge in [-0.25, -0.2) is 13.6 Å². The zero-order valence-electron chi connectivity index (χ0n) is 13.3. The zero-order valence-corrected chi connectivity index (χ0v) is 14.1. The lowest BCUT2D eigenvalue weighted by Crippen LogP contribution is -2.25. The topological polar surface area (TPSA) is 134 Å². The van der Waals surface area contributed by atoms with Gasteiger partial charge in [-0.2, -0.15) is 0 Å². The Labute approximate surface area is 144 Å². The number of aromatic nitrogens is 1. The van der Waals surface area contributed by atoms with Crippen molar-refractivity contribution in [2.24, 2.45) is 5.14 Å². The van der Waals surface area contributed by atoms with Crippen molar-refractivity contribution >= 4 is 38.7 Å². The minimum atomic E-state index is -3.95. The van der Waals surface area contributed by atoms with Crippen LogP contribution in [0.1, 0.15) is 18.2 Å². The largest absolute Gasteiger partial charge is 0.361 e. The minimum absolute atomic E-state index is 0.0916. The zero-order chi connectivity index (χ0) is 18.2. The highest BCUT2D eigenvalue weighted by Gasteiger charge is 2.32. The second-order valence-corrected chi connectivity index (χ2v) is 6.96. The smallest absolute Gasteiger partial charge is 0.257 e. The summed E-state index contributed by atoms with van der Waals surface area (Å²) in [5.41, 5.74) is 1.40. The number of hydrogen-bond donors (Lipinski definition) is 4. The summed E-state index contributed by atoms with van der Waals surface area (Å²) in [6.07, 6.45) is 1.63. The lowest BCUT2D eigenvalue weighted by atomic mass is 9.98. The number of aromatic amines is 1. The van der Waals surface area contributed by atoms with Gasteiger partial charge in [-0.3, -0.25) is 9.59 Å². The Morgan fingerprint density at radius 2 is 2.04 bits per heavy atom. The number of fused-ring (bicyclic) bond motifs is 1. The molecule has 0 unspecified atom stereocenters. The first kappa shape index (κ1) is 16.9. The van der Waals surface area contributed by atoms with Crippen molar-refractivity contribution in [2.45, 2.75) is 11.8 Å². The molecule has 1 aromatic heterocycles. The standard InChI is InChI=1S/C16H16N4O4S/c1-2-18-15(21)14(12-4-3-7-19-12)13-10-8-9(25(17,23)24)5-6-11(10)20-16(13)22/h3-8,19H,2H2,1H3,(H,18,21)(H,20,22)(H2,17,23,24)/b14-13-. The number of sulfonamides is 1. The fraction of sp³-hybridized carbons (Fsp3) is 0.125. The Bertz CT molecular complexity index is 991. The Balaban J connectivity index is 2.29. The van der Waals surface area contributed by atoms with E-state index in [1.807, 2.05) is 0 Å². The maximum absolute atomic E-state index is 12.6. The van der Waals surface area contributed by atoms with E-state index in [1.54, 1.807) is 25.3 Å². The lowest BCUT2D eigenvalue weighted by molar-refractivity contribution is -0.116. The SMILES string of the molecule is CCNC(=O)/C(=C1\C(=O)Nc2ccc(S(N)(=O)=O)cc21)c1ccc[nH]1. The molecule has 0 saturated carbocycles. The van der Waals surface area contributed by atoms with Crippen LogP contribution in [0.25, 0.3) is 11.1 Å². The summed E-state index contributed by atoms with van der Waals surface area (Å²) in [7, 11) is -3.95. The van der Waals surface area contributed by atoms with Gasteiger partial charge in [0.25, 0.3) is 11.8 Å². The number of hydrogen-bond acceptors (Lipinski definition) is 4. The van der Waals surface area contributed by atoms with Crippen molar-refractivity contribution in [3.05, 3.63) is 47.8 Å². The number of likely N-dealkylation sites (N-methyl/N-ethyl adjacent to an activating group) is 1. The number of primary sulfonamides is 1. The third kappa shape index (κ3) is 3.06. The van der Waals surface area contributed by atoms with Crippen molar-refractivity contribution in [3.8, 4) is 0 Å². The summed E-state index contributed by atoms with van der Waals surface area (Å²) in [6, 6.07) is 7.40. The molecule has 2 heterocycles. The van der Waals surface area contributed by atoms with E-state index in [4.69, 9.17) is 5.14 Å². The summed E-state index contributed by atoms with van der Waals surface area (Å²) in [5.74, 6) is -0.929. The molecule has 0 bridgehead atoms. The monoisotopic (exact) mass is 360 g/mol. The molecule has 5 N–H and O–H groups in total. The van der Waals surface area contributed by atoms with Crippen LogP contribution in [-0.4, -0.2) is 31.8 Å². The molecule has 0 atom stereocenters. The normalized spacial score (nSPS) is 15.5. The van der Waals surface area contributed by atoms with E-state index in [-0.39, 0.29) is 16.0 Å². The molecule has 0 aliphatic carbocycles. The van der Waals surface area contributed by atoms with Gasteiger partial charge >= 0.3 is 0 Å². The molecule has 2 aromatic rings. The van der Waals surface area contributed by atoms with Crippen LogP contribution < -0.4 is 15.8 Å². The van der Waals surface area contributed by atoms with Gasteiger partial charge in [0, 0.05) is 24.0 Å². The molecule has 25 heavy (non-hydrogen) atoms. The Hall–Kier alpha value is -2.91. The van der Waals surface area contributed by atoms with E-state index in [9.17, 15) is 18.0 Å². The van der Waals surface area contributed by atoms with Crippen LogP contribution in [0.4, 0.5) is 5.69 Å². The van der Waals surface area contributed by atoms with Gasteiger partial charge in [0.1, 0.15) is 0 Å². The maximum Gasteiger partial charge on any atom is 0.257 e.